The van der Waals surface area contributed by atoms with E-state index >= 15 is 0 Å². The molecule has 1 N–H and O–H groups in total. The van der Waals surface area contributed by atoms with Gasteiger partial charge in [0.15, 0.2) is 0 Å². The number of nitrogens with one attached hydrogen (secondary N) is 1. The lowest BCUT2D eigenvalue weighted by Gasteiger charge is -2.29. The summed E-state index contributed by atoms with van der Waals surface area (Å²) in [5.74, 6) is 2.29. The molecule has 1 fully saturated rings. The van der Waals surface area contributed by atoms with Crippen LogP contribution in [0.15, 0.2) is 4.52 Å². The highest BCUT2D eigenvalue weighted by molar-refractivity contribution is 5.96. The zero-order valence-electron chi connectivity index (χ0n) is 18.9. The summed E-state index contributed by atoms with van der Waals surface area (Å²) in [4.78, 5) is 38.4. The minimum Gasteiger partial charge on any atom is -0.373 e. The van der Waals surface area contributed by atoms with Crippen molar-refractivity contribution >= 4 is 17.6 Å². The highest BCUT2D eigenvalue weighted by atomic mass is 16.5. The standard InChI is InChI=1S/C22H30N6O3/c1-12(2)19-18(13(3)31-26-19)22(30)28-8-6-15(10-28)20-24-17-11-27(14(4)29)9-7-16(17)21(23-5)25-20/h12,15H,6-11H2,1-5H3,(H,23,24,25). The monoisotopic (exact) mass is 426 g/mol. The molecule has 0 spiro atoms. The maximum atomic E-state index is 13.2. The number of likely N-dealkylation sites (tertiary alicyclic amines) is 1. The first-order valence-electron chi connectivity index (χ1n) is 10.9. The SMILES string of the molecule is CNc1nc(C2CCN(C(=O)c3c(C(C)C)noc3C)C2)nc2c1CCN(C(C)=O)C2. The zero-order valence-corrected chi connectivity index (χ0v) is 18.9. The van der Waals surface area contributed by atoms with Gasteiger partial charge in [-0.2, -0.15) is 0 Å². The van der Waals surface area contributed by atoms with Crippen molar-refractivity contribution in [1.82, 2.24) is 24.9 Å². The average Bonchev–Trinajstić information content (AvgIpc) is 3.39. The van der Waals surface area contributed by atoms with Gasteiger partial charge in [-0.25, -0.2) is 9.97 Å². The second-order valence-electron chi connectivity index (χ2n) is 8.69. The van der Waals surface area contributed by atoms with E-state index in [1.165, 1.54) is 0 Å². The minimum absolute atomic E-state index is 0.0421. The van der Waals surface area contributed by atoms with E-state index in [1.807, 2.05) is 30.7 Å². The lowest BCUT2D eigenvalue weighted by atomic mass is 10.0. The Bertz CT molecular complexity index is 1010. The average molecular weight is 427 g/mol. The van der Waals surface area contributed by atoms with Crippen LogP contribution in [0.4, 0.5) is 5.82 Å². The maximum absolute atomic E-state index is 13.2. The molecule has 4 rings (SSSR count). The van der Waals surface area contributed by atoms with E-state index in [2.05, 4.69) is 10.5 Å². The molecule has 0 bridgehead atoms. The molecule has 0 radical (unpaired) electrons. The molecule has 2 aliphatic heterocycles. The van der Waals surface area contributed by atoms with Gasteiger partial charge in [-0.3, -0.25) is 9.59 Å². The summed E-state index contributed by atoms with van der Waals surface area (Å²) in [5, 5.41) is 7.28. The van der Waals surface area contributed by atoms with Gasteiger partial charge in [-0.15, -0.1) is 0 Å². The zero-order chi connectivity index (χ0) is 22.3. The summed E-state index contributed by atoms with van der Waals surface area (Å²) in [6.07, 6.45) is 1.54. The van der Waals surface area contributed by atoms with E-state index in [9.17, 15) is 9.59 Å². The number of carbonyl (C=O) groups is 2. The first kappa shape index (κ1) is 21.3. The molecule has 0 saturated carbocycles. The summed E-state index contributed by atoms with van der Waals surface area (Å²) in [6, 6.07) is 0. The molecular formula is C22H30N6O3. The Hall–Kier alpha value is -2.97. The quantitative estimate of drug-likeness (QED) is 0.801. The van der Waals surface area contributed by atoms with Crippen LogP contribution in [0.5, 0.6) is 0 Å². The van der Waals surface area contributed by atoms with E-state index in [1.54, 1.807) is 13.8 Å². The van der Waals surface area contributed by atoms with Crippen molar-refractivity contribution in [3.63, 3.8) is 0 Å². The van der Waals surface area contributed by atoms with Gasteiger partial charge >= 0.3 is 0 Å². The Morgan fingerprint density at radius 3 is 2.65 bits per heavy atom. The third-order valence-electron chi connectivity index (χ3n) is 6.26. The van der Waals surface area contributed by atoms with Gasteiger partial charge in [0, 0.05) is 45.1 Å². The van der Waals surface area contributed by atoms with Crippen LogP contribution in [0.2, 0.25) is 0 Å². The van der Waals surface area contributed by atoms with E-state index in [0.29, 0.717) is 43.2 Å². The number of amides is 2. The lowest BCUT2D eigenvalue weighted by molar-refractivity contribution is -0.129. The van der Waals surface area contributed by atoms with E-state index in [-0.39, 0.29) is 23.7 Å². The summed E-state index contributed by atoms with van der Waals surface area (Å²) < 4.78 is 5.31. The Kier molecular flexibility index (Phi) is 5.68. The van der Waals surface area contributed by atoms with Crippen LogP contribution in [0.1, 0.15) is 77.9 Å². The van der Waals surface area contributed by atoms with Crippen LogP contribution in [-0.4, -0.2) is 63.4 Å². The molecule has 1 unspecified atom stereocenters. The minimum atomic E-state index is -0.0421. The number of aryl methyl sites for hydroxylation is 1. The van der Waals surface area contributed by atoms with Gasteiger partial charge in [0.1, 0.15) is 23.0 Å². The lowest BCUT2D eigenvalue weighted by Crippen LogP contribution is -2.35. The van der Waals surface area contributed by atoms with Gasteiger partial charge in [0.05, 0.1) is 17.9 Å². The highest BCUT2D eigenvalue weighted by Crippen LogP contribution is 2.32. The molecule has 166 valence electrons. The van der Waals surface area contributed by atoms with E-state index in [0.717, 1.165) is 35.7 Å². The Morgan fingerprint density at radius 1 is 1.19 bits per heavy atom. The molecule has 4 heterocycles. The van der Waals surface area contributed by atoms with Crippen LogP contribution in [0.3, 0.4) is 0 Å². The molecule has 9 nitrogen and oxygen atoms in total. The maximum Gasteiger partial charge on any atom is 0.259 e. The summed E-state index contributed by atoms with van der Waals surface area (Å²) in [5.41, 5.74) is 3.27. The highest BCUT2D eigenvalue weighted by Gasteiger charge is 2.34. The molecular weight excluding hydrogens is 396 g/mol. The van der Waals surface area contributed by atoms with Crippen molar-refractivity contribution < 1.29 is 14.1 Å². The van der Waals surface area contributed by atoms with Gasteiger partial charge in [-0.1, -0.05) is 19.0 Å². The first-order chi connectivity index (χ1) is 14.8. The predicted octanol–water partition coefficient (Wildman–Crippen LogP) is 2.47. The van der Waals surface area contributed by atoms with Crippen LogP contribution in [0, 0.1) is 6.92 Å². The van der Waals surface area contributed by atoms with Gasteiger partial charge in [0.2, 0.25) is 5.91 Å². The molecule has 2 aromatic rings. The van der Waals surface area contributed by atoms with Crippen LogP contribution in [-0.2, 0) is 17.8 Å². The van der Waals surface area contributed by atoms with Crippen molar-refractivity contribution in [2.75, 3.05) is 32.0 Å². The number of carbonyl (C=O) groups excluding carboxylic acids is 2. The molecule has 2 aromatic heterocycles. The van der Waals surface area contributed by atoms with Crippen molar-refractivity contribution in [3.8, 4) is 0 Å². The smallest absolute Gasteiger partial charge is 0.259 e. The number of aromatic nitrogens is 3. The number of nitrogens with zero attached hydrogens (tertiary/aromatic N) is 5. The van der Waals surface area contributed by atoms with Crippen LogP contribution in [0.25, 0.3) is 0 Å². The van der Waals surface area contributed by atoms with Gasteiger partial charge in [0.25, 0.3) is 5.91 Å². The fourth-order valence-electron chi connectivity index (χ4n) is 4.46. The number of anilines is 1. The van der Waals surface area contributed by atoms with Crippen molar-refractivity contribution in [1.29, 1.82) is 0 Å². The number of rotatable bonds is 4. The third kappa shape index (κ3) is 3.88. The van der Waals surface area contributed by atoms with Crippen molar-refractivity contribution in [3.05, 3.63) is 34.1 Å². The largest absolute Gasteiger partial charge is 0.373 e. The van der Waals surface area contributed by atoms with Crippen LogP contribution < -0.4 is 5.32 Å². The number of hydrogen-bond acceptors (Lipinski definition) is 7. The molecule has 2 aliphatic rings. The summed E-state index contributed by atoms with van der Waals surface area (Å²) >= 11 is 0. The third-order valence-corrected chi connectivity index (χ3v) is 6.26. The molecule has 1 atom stereocenters. The summed E-state index contributed by atoms with van der Waals surface area (Å²) in [7, 11) is 1.86. The molecule has 31 heavy (non-hydrogen) atoms. The second kappa shape index (κ2) is 8.28. The molecule has 0 aromatic carbocycles. The Balaban J connectivity index is 1.57. The topological polar surface area (TPSA) is 104 Å². The fourth-order valence-corrected chi connectivity index (χ4v) is 4.46. The first-order valence-corrected chi connectivity index (χ1v) is 10.9. The second-order valence-corrected chi connectivity index (χ2v) is 8.69. The number of hydrogen-bond donors (Lipinski definition) is 1. The van der Waals surface area contributed by atoms with E-state index in [4.69, 9.17) is 14.5 Å². The van der Waals surface area contributed by atoms with Crippen molar-refractivity contribution in [2.45, 2.75) is 58.9 Å². The van der Waals surface area contributed by atoms with Gasteiger partial charge < -0.3 is 19.6 Å². The molecule has 0 aliphatic carbocycles. The fraction of sp³-hybridized carbons (Fsp3) is 0.591. The Labute approximate surface area is 182 Å². The Morgan fingerprint density at radius 2 is 1.97 bits per heavy atom. The normalized spacial score (nSPS) is 18.5. The van der Waals surface area contributed by atoms with E-state index < -0.39 is 0 Å². The van der Waals surface area contributed by atoms with Gasteiger partial charge in [-0.05, 0) is 25.7 Å². The van der Waals surface area contributed by atoms with Crippen LogP contribution >= 0.6 is 0 Å². The van der Waals surface area contributed by atoms with Crippen molar-refractivity contribution in [2.24, 2.45) is 0 Å². The molecule has 2 amide bonds. The molecule has 9 heteroatoms. The predicted molar refractivity (Wildman–Crippen MR) is 115 cm³/mol. The number of fused-ring (bicyclic) bond motifs is 1. The molecule has 1 saturated heterocycles. The summed E-state index contributed by atoms with van der Waals surface area (Å²) in [6.45, 7) is 9.76.